The Hall–Kier alpha value is -0.0400. The van der Waals surface area contributed by atoms with Crippen molar-refractivity contribution in [1.29, 1.82) is 0 Å². The zero-order chi connectivity index (χ0) is 13.4. The van der Waals surface area contributed by atoms with Gasteiger partial charge in [-0.3, -0.25) is 4.99 Å². The predicted molar refractivity (Wildman–Crippen MR) is 92.1 cm³/mol. The molecule has 4 nitrogen and oxygen atoms in total. The van der Waals surface area contributed by atoms with Gasteiger partial charge in [0.2, 0.25) is 0 Å². The molecule has 0 atom stereocenters. The molecule has 5 heteroatoms. The number of methoxy groups -OCH3 is 1. The highest BCUT2D eigenvalue weighted by molar-refractivity contribution is 14.0. The summed E-state index contributed by atoms with van der Waals surface area (Å²) >= 11 is 0. The minimum absolute atomic E-state index is 0. The van der Waals surface area contributed by atoms with Gasteiger partial charge >= 0.3 is 0 Å². The van der Waals surface area contributed by atoms with Gasteiger partial charge in [-0.05, 0) is 37.0 Å². The summed E-state index contributed by atoms with van der Waals surface area (Å²) in [6.45, 7) is 7.01. The van der Waals surface area contributed by atoms with Crippen LogP contribution in [-0.4, -0.2) is 32.8 Å². The minimum atomic E-state index is 0. The summed E-state index contributed by atoms with van der Waals surface area (Å²) in [4.78, 5) is 4.50. The molecule has 0 amide bonds. The van der Waals surface area contributed by atoms with Crippen LogP contribution in [0.5, 0.6) is 0 Å². The van der Waals surface area contributed by atoms with Gasteiger partial charge in [0, 0.05) is 26.8 Å². The summed E-state index contributed by atoms with van der Waals surface area (Å²) < 4.78 is 5.18. The van der Waals surface area contributed by atoms with Crippen molar-refractivity contribution in [1.82, 2.24) is 5.32 Å². The second kappa shape index (κ2) is 9.80. The van der Waals surface area contributed by atoms with E-state index in [1.165, 1.54) is 19.3 Å². The quantitative estimate of drug-likeness (QED) is 0.385. The van der Waals surface area contributed by atoms with Crippen LogP contribution in [-0.2, 0) is 4.74 Å². The van der Waals surface area contributed by atoms with Crippen LogP contribution < -0.4 is 11.1 Å². The Labute approximate surface area is 135 Å². The Morgan fingerprint density at radius 1 is 1.42 bits per heavy atom. The second-order valence-corrected chi connectivity index (χ2v) is 5.91. The lowest BCUT2D eigenvalue weighted by Crippen LogP contribution is -2.38. The van der Waals surface area contributed by atoms with Crippen molar-refractivity contribution in [2.24, 2.45) is 22.1 Å². The molecule has 0 heterocycles. The third kappa shape index (κ3) is 7.34. The lowest BCUT2D eigenvalue weighted by atomic mass is 9.67. The molecule has 0 aromatic rings. The van der Waals surface area contributed by atoms with E-state index < -0.39 is 0 Å². The highest BCUT2D eigenvalue weighted by atomic mass is 127. The first kappa shape index (κ1) is 19.0. The third-order valence-corrected chi connectivity index (χ3v) is 3.86. The van der Waals surface area contributed by atoms with Gasteiger partial charge in [0.05, 0.1) is 0 Å². The van der Waals surface area contributed by atoms with E-state index in [1.807, 2.05) is 0 Å². The summed E-state index contributed by atoms with van der Waals surface area (Å²) in [5.41, 5.74) is 6.24. The zero-order valence-electron chi connectivity index (χ0n) is 12.6. The van der Waals surface area contributed by atoms with Crippen LogP contribution in [0.4, 0.5) is 0 Å². The van der Waals surface area contributed by atoms with E-state index in [9.17, 15) is 0 Å². The lowest BCUT2D eigenvalue weighted by molar-refractivity contribution is 0.0779. The Bertz CT molecular complexity index is 265. The fourth-order valence-corrected chi connectivity index (χ4v) is 2.28. The van der Waals surface area contributed by atoms with Crippen LogP contribution in [0.25, 0.3) is 0 Å². The van der Waals surface area contributed by atoms with Crippen LogP contribution in [0.15, 0.2) is 4.99 Å². The van der Waals surface area contributed by atoms with Crippen LogP contribution in [0.1, 0.15) is 46.0 Å². The normalized spacial score (nSPS) is 17.8. The zero-order valence-corrected chi connectivity index (χ0v) is 14.9. The number of ether oxygens (including phenoxy) is 1. The number of halogens is 1. The number of aliphatic imine (C=N–C) groups is 1. The molecule has 0 bridgehead atoms. The Morgan fingerprint density at radius 2 is 2.11 bits per heavy atom. The van der Waals surface area contributed by atoms with Gasteiger partial charge in [-0.15, -0.1) is 24.0 Å². The number of hydrogen-bond acceptors (Lipinski definition) is 2. The molecule has 0 aromatic heterocycles. The first-order valence-corrected chi connectivity index (χ1v) is 7.11. The van der Waals surface area contributed by atoms with Crippen LogP contribution in [0.2, 0.25) is 0 Å². The van der Waals surface area contributed by atoms with Gasteiger partial charge in [-0.1, -0.05) is 20.3 Å². The van der Waals surface area contributed by atoms with E-state index in [0.29, 0.717) is 17.3 Å². The van der Waals surface area contributed by atoms with Crippen LogP contribution >= 0.6 is 24.0 Å². The van der Waals surface area contributed by atoms with Gasteiger partial charge in [-0.25, -0.2) is 0 Å². The number of nitrogens with zero attached hydrogens (tertiary/aromatic N) is 1. The molecule has 3 N–H and O–H groups in total. The number of nitrogens with two attached hydrogens (primary N) is 1. The van der Waals surface area contributed by atoms with E-state index in [4.69, 9.17) is 10.5 Å². The number of nitrogens with one attached hydrogen (secondary N) is 1. The first-order valence-electron chi connectivity index (χ1n) is 7.11. The van der Waals surface area contributed by atoms with E-state index in [1.54, 1.807) is 7.11 Å². The van der Waals surface area contributed by atoms with Crippen molar-refractivity contribution in [2.75, 3.05) is 26.8 Å². The fraction of sp³-hybridized carbons (Fsp3) is 0.929. The molecule has 1 aliphatic rings. The van der Waals surface area contributed by atoms with Crippen molar-refractivity contribution in [3.8, 4) is 0 Å². The topological polar surface area (TPSA) is 59.6 Å². The molecular weight excluding hydrogens is 353 g/mol. The largest absolute Gasteiger partial charge is 0.385 e. The van der Waals surface area contributed by atoms with E-state index >= 15 is 0 Å². The van der Waals surface area contributed by atoms with E-state index in [-0.39, 0.29) is 24.0 Å². The summed E-state index contributed by atoms with van der Waals surface area (Å²) in [6, 6.07) is 0. The smallest absolute Gasteiger partial charge is 0.188 e. The van der Waals surface area contributed by atoms with Crippen molar-refractivity contribution < 1.29 is 4.74 Å². The maximum atomic E-state index is 5.88. The Kier molecular flexibility index (Phi) is 9.78. The van der Waals surface area contributed by atoms with Gasteiger partial charge in [0.25, 0.3) is 0 Å². The molecule has 19 heavy (non-hydrogen) atoms. The molecule has 0 unspecified atom stereocenters. The predicted octanol–water partition coefficient (Wildman–Crippen LogP) is 2.76. The highest BCUT2D eigenvalue weighted by Gasteiger charge is 2.36. The van der Waals surface area contributed by atoms with Crippen molar-refractivity contribution >= 4 is 29.9 Å². The van der Waals surface area contributed by atoms with Crippen LogP contribution in [0, 0.1) is 11.3 Å². The number of guanidine groups is 1. The highest BCUT2D eigenvalue weighted by Crippen LogP contribution is 2.44. The average Bonchev–Trinajstić information content (AvgIpc) is 2.27. The summed E-state index contributed by atoms with van der Waals surface area (Å²) in [7, 11) is 1.76. The average molecular weight is 383 g/mol. The maximum absolute atomic E-state index is 5.88. The molecule has 1 rings (SSSR count). The van der Waals surface area contributed by atoms with Crippen LogP contribution in [0.3, 0.4) is 0 Å². The molecule has 0 saturated heterocycles. The van der Waals surface area contributed by atoms with Gasteiger partial charge in [0.1, 0.15) is 0 Å². The first-order chi connectivity index (χ1) is 8.58. The van der Waals surface area contributed by atoms with Crippen molar-refractivity contribution in [2.45, 2.75) is 46.0 Å². The molecule has 0 spiro atoms. The molecule has 114 valence electrons. The molecule has 0 aromatic carbocycles. The fourth-order valence-electron chi connectivity index (χ4n) is 2.28. The number of rotatable bonds is 8. The molecule has 0 aliphatic heterocycles. The third-order valence-electron chi connectivity index (χ3n) is 3.86. The van der Waals surface area contributed by atoms with Gasteiger partial charge < -0.3 is 15.8 Å². The summed E-state index contributed by atoms with van der Waals surface area (Å²) in [5, 5.41) is 3.19. The van der Waals surface area contributed by atoms with Gasteiger partial charge in [0.15, 0.2) is 5.96 Å². The summed E-state index contributed by atoms with van der Waals surface area (Å²) in [6.07, 6.45) is 6.08. The summed E-state index contributed by atoms with van der Waals surface area (Å²) in [5.74, 6) is 1.30. The monoisotopic (exact) mass is 383 g/mol. The van der Waals surface area contributed by atoms with Crippen molar-refractivity contribution in [3.63, 3.8) is 0 Å². The second-order valence-electron chi connectivity index (χ2n) is 5.91. The Balaban J connectivity index is 0.00000324. The maximum Gasteiger partial charge on any atom is 0.188 e. The molecule has 1 aliphatic carbocycles. The molecular formula is C14H30IN3O. The molecule has 0 radical (unpaired) electrons. The van der Waals surface area contributed by atoms with Crippen molar-refractivity contribution in [3.05, 3.63) is 0 Å². The SMILES string of the molecule is COCCC1(CN=C(N)NCCC(C)C)CCC1.I. The number of hydrogen-bond donors (Lipinski definition) is 2. The van der Waals surface area contributed by atoms with E-state index in [2.05, 4.69) is 24.2 Å². The minimum Gasteiger partial charge on any atom is -0.385 e. The molecule has 1 fully saturated rings. The molecule has 1 saturated carbocycles. The standard InChI is InChI=1S/C14H29N3O.HI/c1-12(2)5-9-16-13(15)17-11-14(6-4-7-14)8-10-18-3;/h12H,4-11H2,1-3H3,(H3,15,16,17);1H. The lowest BCUT2D eigenvalue weighted by Gasteiger charge is -2.40. The van der Waals surface area contributed by atoms with Gasteiger partial charge in [-0.2, -0.15) is 0 Å². The Morgan fingerprint density at radius 3 is 2.58 bits per heavy atom. The van der Waals surface area contributed by atoms with E-state index in [0.717, 1.165) is 32.5 Å².